The highest BCUT2D eigenvalue weighted by Gasteiger charge is 2.50. The molecule has 3 fully saturated rings. The fraction of sp³-hybridized carbons (Fsp3) is 0.621. The van der Waals surface area contributed by atoms with Gasteiger partial charge in [-0.15, -0.1) is 0 Å². The van der Waals surface area contributed by atoms with Crippen LogP contribution in [0.3, 0.4) is 0 Å². The van der Waals surface area contributed by atoms with Gasteiger partial charge in [0, 0.05) is 61.1 Å². The molecule has 0 unspecified atom stereocenters. The Labute approximate surface area is 240 Å². The van der Waals surface area contributed by atoms with E-state index in [4.69, 9.17) is 16.2 Å². The van der Waals surface area contributed by atoms with Crippen molar-refractivity contribution < 1.29 is 18.6 Å². The summed E-state index contributed by atoms with van der Waals surface area (Å²) in [6, 6.07) is 3.78. The Bertz CT molecular complexity index is 1200. The molecule has 2 aliphatic heterocycles. The van der Waals surface area contributed by atoms with Gasteiger partial charge in [-0.1, -0.05) is 13.3 Å². The van der Waals surface area contributed by atoms with Gasteiger partial charge in [-0.25, -0.2) is 13.8 Å². The summed E-state index contributed by atoms with van der Waals surface area (Å²) in [6.07, 6.45) is 7.46. The van der Waals surface area contributed by atoms with E-state index in [1.54, 1.807) is 0 Å². The molecule has 5 rings (SSSR count). The molecule has 3 heterocycles. The number of rotatable bonds is 12. The Morgan fingerprint density at radius 3 is 2.46 bits per heavy atom. The van der Waals surface area contributed by atoms with Crippen molar-refractivity contribution in [3.05, 3.63) is 35.0 Å². The van der Waals surface area contributed by atoms with Crippen LogP contribution < -0.4 is 26.6 Å². The van der Waals surface area contributed by atoms with Crippen molar-refractivity contribution >= 4 is 29.4 Å². The van der Waals surface area contributed by atoms with Crippen molar-refractivity contribution in [3.63, 3.8) is 0 Å². The number of nitrogens with one attached hydrogen (secondary N) is 1. The molecule has 0 radical (unpaired) electrons. The number of aromatic nitrogens is 2. The number of ether oxygens (including phenoxy) is 1. The van der Waals surface area contributed by atoms with Gasteiger partial charge in [-0.2, -0.15) is 4.98 Å². The molecule has 1 aromatic carbocycles. The van der Waals surface area contributed by atoms with Gasteiger partial charge in [0.2, 0.25) is 5.95 Å². The van der Waals surface area contributed by atoms with E-state index in [0.717, 1.165) is 52.0 Å². The Morgan fingerprint density at radius 1 is 1.15 bits per heavy atom. The van der Waals surface area contributed by atoms with Crippen molar-refractivity contribution in [2.45, 2.75) is 64.1 Å². The smallest absolute Gasteiger partial charge is 0.222 e. The number of anilines is 4. The summed E-state index contributed by atoms with van der Waals surface area (Å²) in [4.78, 5) is 16.5. The van der Waals surface area contributed by atoms with Gasteiger partial charge in [0.05, 0.1) is 26.4 Å². The van der Waals surface area contributed by atoms with E-state index in [1.165, 1.54) is 31.2 Å². The van der Waals surface area contributed by atoms with Crippen LogP contribution in [0.1, 0.15) is 56.7 Å². The third-order valence-corrected chi connectivity index (χ3v) is 8.52. The molecule has 12 heteroatoms. The number of hydrogen-bond donors (Lipinski definition) is 4. The molecule has 0 amide bonds. The second-order valence-corrected chi connectivity index (χ2v) is 11.7. The zero-order valence-corrected chi connectivity index (χ0v) is 23.8. The van der Waals surface area contributed by atoms with Crippen LogP contribution in [0.5, 0.6) is 0 Å². The number of piperidine rings is 1. The Balaban J connectivity index is 1.19. The van der Waals surface area contributed by atoms with E-state index >= 15 is 8.78 Å². The largest absolute Gasteiger partial charge is 0.395 e. The van der Waals surface area contributed by atoms with Crippen molar-refractivity contribution in [3.8, 4) is 0 Å². The minimum Gasteiger partial charge on any atom is -0.395 e. The van der Waals surface area contributed by atoms with Crippen LogP contribution in [0.15, 0.2) is 17.1 Å². The summed E-state index contributed by atoms with van der Waals surface area (Å²) in [5.41, 5.74) is 13.6. The van der Waals surface area contributed by atoms with Gasteiger partial charge >= 0.3 is 0 Å². The second kappa shape index (κ2) is 12.8. The number of nitrogens with zero attached hydrogens (tertiary/aromatic N) is 5. The van der Waals surface area contributed by atoms with E-state index in [9.17, 15) is 5.11 Å². The molecular weight excluding hydrogens is 530 g/mol. The van der Waals surface area contributed by atoms with Gasteiger partial charge in [0.25, 0.3) is 0 Å². The van der Waals surface area contributed by atoms with Gasteiger partial charge in [0.15, 0.2) is 5.82 Å². The molecular formula is C29H42F2N8O2. The maximum atomic E-state index is 15.1. The monoisotopic (exact) mass is 572 g/mol. The molecule has 2 saturated heterocycles. The number of aliphatic hydroxyl groups is 1. The van der Waals surface area contributed by atoms with Gasteiger partial charge in [0.1, 0.15) is 23.0 Å². The fourth-order valence-corrected chi connectivity index (χ4v) is 6.14. The molecule has 1 aliphatic carbocycles. The molecule has 224 valence electrons. The highest BCUT2D eigenvalue weighted by Crippen LogP contribution is 2.47. The van der Waals surface area contributed by atoms with E-state index in [-0.39, 0.29) is 36.0 Å². The summed E-state index contributed by atoms with van der Waals surface area (Å²) in [6.45, 7) is 6.05. The number of unbranched alkanes of at least 4 members (excludes halogenated alkanes) is 1. The zero-order valence-electron chi connectivity index (χ0n) is 23.8. The average Bonchev–Trinajstić information content (AvgIpc) is 2.90. The molecule has 1 aromatic heterocycles. The van der Waals surface area contributed by atoms with Gasteiger partial charge in [-0.05, 0) is 44.2 Å². The van der Waals surface area contributed by atoms with Crippen molar-refractivity contribution in [2.75, 3.05) is 67.3 Å². The Hall–Kier alpha value is -3.09. The predicted octanol–water partition coefficient (Wildman–Crippen LogP) is 2.87. The summed E-state index contributed by atoms with van der Waals surface area (Å²) >= 11 is 0. The molecule has 6 N–H and O–H groups in total. The molecule has 3 aliphatic rings. The molecule has 1 saturated carbocycles. The SMILES string of the molecule is CCCCN(CCO)c1nc(N)nc(C=NCc2c(F)cc(N3CCC(NC4CC5(COC5)C4)CC3)cc2F)c1N. The first-order chi connectivity index (χ1) is 19.8. The van der Waals surface area contributed by atoms with Crippen molar-refractivity contribution in [2.24, 2.45) is 10.4 Å². The van der Waals surface area contributed by atoms with Gasteiger partial charge in [-0.3, -0.25) is 4.99 Å². The molecule has 2 aromatic rings. The first kappa shape index (κ1) is 29.4. The van der Waals surface area contributed by atoms with Crippen molar-refractivity contribution in [1.82, 2.24) is 15.3 Å². The minimum absolute atomic E-state index is 0.000315. The van der Waals surface area contributed by atoms with Crippen LogP contribution in [0, 0.1) is 17.0 Å². The maximum Gasteiger partial charge on any atom is 0.222 e. The van der Waals surface area contributed by atoms with E-state index < -0.39 is 11.6 Å². The Kier molecular flexibility index (Phi) is 9.20. The highest BCUT2D eigenvalue weighted by atomic mass is 19.1. The minimum atomic E-state index is -0.635. The third-order valence-electron chi connectivity index (χ3n) is 8.52. The number of aliphatic hydroxyl groups excluding tert-OH is 1. The van der Waals surface area contributed by atoms with Crippen LogP contribution >= 0.6 is 0 Å². The lowest BCUT2D eigenvalue weighted by molar-refractivity contribution is -0.168. The quantitative estimate of drug-likeness (QED) is 0.283. The lowest BCUT2D eigenvalue weighted by atomic mass is 9.64. The number of nitrogen functional groups attached to an aromatic ring is 2. The van der Waals surface area contributed by atoms with Crippen LogP contribution in [0.2, 0.25) is 0 Å². The van der Waals surface area contributed by atoms with Crippen LogP contribution in [-0.4, -0.2) is 79.4 Å². The average molecular weight is 573 g/mol. The lowest BCUT2D eigenvalue weighted by Crippen LogP contribution is -2.61. The number of halogens is 2. The standard InChI is InChI=1S/C29H42F2N8O2/c1-2-3-6-39(9-10-40)27-26(32)25(36-28(33)37-27)16-34-15-22-23(30)11-21(12-24(22)31)38-7-4-19(5-8-38)35-20-13-29(14-20)17-41-18-29/h11-12,16,19-20,35,40H,2-10,13-15,17-18,32H2,1H3,(H2,33,36,37). The first-order valence-corrected chi connectivity index (χ1v) is 14.7. The molecule has 1 spiro atoms. The third kappa shape index (κ3) is 6.70. The first-order valence-electron chi connectivity index (χ1n) is 14.7. The Morgan fingerprint density at radius 2 is 1.85 bits per heavy atom. The van der Waals surface area contributed by atoms with Crippen LogP contribution in [0.4, 0.5) is 31.9 Å². The summed E-state index contributed by atoms with van der Waals surface area (Å²) < 4.78 is 35.5. The van der Waals surface area contributed by atoms with Crippen LogP contribution in [0.25, 0.3) is 0 Å². The number of benzene rings is 1. The summed E-state index contributed by atoms with van der Waals surface area (Å²) in [5, 5.41) is 13.2. The molecule has 10 nitrogen and oxygen atoms in total. The van der Waals surface area contributed by atoms with E-state index in [2.05, 4.69) is 27.2 Å². The normalized spacial score (nSPS) is 19.1. The number of aliphatic imine (C=N–C) groups is 1. The van der Waals surface area contributed by atoms with E-state index in [0.29, 0.717) is 42.1 Å². The number of hydrogen-bond acceptors (Lipinski definition) is 10. The fourth-order valence-electron chi connectivity index (χ4n) is 6.14. The molecule has 41 heavy (non-hydrogen) atoms. The van der Waals surface area contributed by atoms with Crippen LogP contribution in [-0.2, 0) is 11.3 Å². The van der Waals surface area contributed by atoms with Crippen molar-refractivity contribution in [1.29, 1.82) is 0 Å². The second-order valence-electron chi connectivity index (χ2n) is 11.7. The summed E-state index contributed by atoms with van der Waals surface area (Å²) in [5.74, 6) is -0.860. The van der Waals surface area contributed by atoms with E-state index in [1.807, 2.05) is 9.80 Å². The topological polar surface area (TPSA) is 138 Å². The zero-order chi connectivity index (χ0) is 29.0. The maximum absolute atomic E-state index is 15.1. The molecule has 0 bridgehead atoms. The lowest BCUT2D eigenvalue weighted by Gasteiger charge is -2.54. The molecule has 0 atom stereocenters. The number of nitrogens with two attached hydrogens (primary N) is 2. The summed E-state index contributed by atoms with van der Waals surface area (Å²) in [7, 11) is 0. The highest BCUT2D eigenvalue weighted by molar-refractivity contribution is 5.89. The predicted molar refractivity (Wildman–Crippen MR) is 157 cm³/mol. The van der Waals surface area contributed by atoms with Gasteiger partial charge < -0.3 is 36.4 Å².